The summed E-state index contributed by atoms with van der Waals surface area (Å²) in [7, 11) is 4.53. The second-order valence-corrected chi connectivity index (χ2v) is 7.50. The maximum absolute atomic E-state index is 12.7. The van der Waals surface area contributed by atoms with Gasteiger partial charge in [-0.25, -0.2) is 0 Å². The highest BCUT2D eigenvalue weighted by atomic mass is 16.5. The number of carbonyl (C=O) groups excluding carboxylic acids is 2. The van der Waals surface area contributed by atoms with Crippen molar-refractivity contribution in [3.05, 3.63) is 60.3 Å². The van der Waals surface area contributed by atoms with E-state index < -0.39 is 17.9 Å². The molecule has 176 valence electrons. The normalized spacial score (nSPS) is 11.6. The minimum atomic E-state index is -0.839. The number of rotatable bonds is 7. The lowest BCUT2D eigenvalue weighted by molar-refractivity contribution is -0.128. The van der Waals surface area contributed by atoms with Crippen LogP contribution < -0.4 is 29.8 Å². The van der Waals surface area contributed by atoms with Gasteiger partial charge in [-0.15, -0.1) is 0 Å². The van der Waals surface area contributed by atoms with Crippen molar-refractivity contribution in [1.82, 2.24) is 15.8 Å². The third kappa shape index (κ3) is 4.40. The number of carbonyl (C=O) groups is 2. The molecule has 0 saturated carbocycles. The summed E-state index contributed by atoms with van der Waals surface area (Å²) in [4.78, 5) is 28.2. The van der Waals surface area contributed by atoms with Gasteiger partial charge >= 0.3 is 0 Å². The first kappa shape index (κ1) is 22.8. The van der Waals surface area contributed by atoms with E-state index in [1.807, 2.05) is 36.4 Å². The largest absolute Gasteiger partial charge is 0.496 e. The van der Waals surface area contributed by atoms with Crippen LogP contribution in [0.15, 0.2) is 54.6 Å². The Morgan fingerprint density at radius 1 is 0.853 bits per heavy atom. The van der Waals surface area contributed by atoms with E-state index in [1.54, 1.807) is 25.1 Å². The van der Waals surface area contributed by atoms with Gasteiger partial charge in [-0.1, -0.05) is 30.3 Å². The maximum Gasteiger partial charge on any atom is 0.286 e. The lowest BCUT2D eigenvalue weighted by Crippen LogP contribution is -2.47. The summed E-state index contributed by atoms with van der Waals surface area (Å²) >= 11 is 0. The molecule has 3 N–H and O–H groups in total. The van der Waals surface area contributed by atoms with Gasteiger partial charge in [0.05, 0.1) is 26.8 Å². The van der Waals surface area contributed by atoms with Crippen molar-refractivity contribution < 1.29 is 28.5 Å². The summed E-state index contributed by atoms with van der Waals surface area (Å²) in [6.07, 6.45) is -0.839. The van der Waals surface area contributed by atoms with Gasteiger partial charge in [0.2, 0.25) is 0 Å². The van der Waals surface area contributed by atoms with Gasteiger partial charge in [-0.05, 0) is 35.9 Å². The highest BCUT2D eigenvalue weighted by Crippen LogP contribution is 2.41. The summed E-state index contributed by atoms with van der Waals surface area (Å²) in [5.74, 6) is 0.883. The highest BCUT2D eigenvalue weighted by molar-refractivity contribution is 6.03. The second-order valence-electron chi connectivity index (χ2n) is 7.50. The molecule has 0 saturated heterocycles. The van der Waals surface area contributed by atoms with Gasteiger partial charge in [0.1, 0.15) is 17.2 Å². The Morgan fingerprint density at radius 2 is 1.59 bits per heavy atom. The van der Waals surface area contributed by atoms with Gasteiger partial charge in [-0.3, -0.25) is 20.4 Å². The molecule has 4 aromatic rings. The number of hydrogen-bond acceptors (Lipinski definition) is 6. The Morgan fingerprint density at radius 3 is 2.29 bits per heavy atom. The minimum Gasteiger partial charge on any atom is -0.496 e. The number of H-pyrrole nitrogens is 1. The summed E-state index contributed by atoms with van der Waals surface area (Å²) in [6.45, 7) is 1.60. The lowest BCUT2D eigenvalue weighted by atomic mass is 10.1. The minimum absolute atomic E-state index is 0.197. The SMILES string of the molecule is COc1cc(OC)c2cc(C(=O)NNC(=O)C(C)Oc3ccc4ccccc4c3)[nH]c2c1OC. The summed E-state index contributed by atoms with van der Waals surface area (Å²) in [6, 6.07) is 16.7. The number of ether oxygens (including phenoxy) is 4. The highest BCUT2D eigenvalue weighted by Gasteiger charge is 2.21. The van der Waals surface area contributed by atoms with Crippen LogP contribution in [0.5, 0.6) is 23.0 Å². The van der Waals surface area contributed by atoms with Crippen molar-refractivity contribution in [3.8, 4) is 23.0 Å². The van der Waals surface area contributed by atoms with Gasteiger partial charge in [0.25, 0.3) is 11.8 Å². The Balaban J connectivity index is 1.44. The molecule has 4 rings (SSSR count). The molecular weight excluding hydrogens is 438 g/mol. The molecular formula is C25H25N3O6. The monoisotopic (exact) mass is 463 g/mol. The van der Waals surface area contributed by atoms with Gasteiger partial charge in [0.15, 0.2) is 17.6 Å². The molecule has 0 bridgehead atoms. The molecule has 34 heavy (non-hydrogen) atoms. The van der Waals surface area contributed by atoms with Crippen LogP contribution >= 0.6 is 0 Å². The van der Waals surface area contributed by atoms with E-state index in [9.17, 15) is 9.59 Å². The number of benzene rings is 3. The molecule has 2 amide bonds. The zero-order chi connectivity index (χ0) is 24.2. The van der Waals surface area contributed by atoms with E-state index in [0.717, 1.165) is 10.8 Å². The van der Waals surface area contributed by atoms with Crippen LogP contribution in [0, 0.1) is 0 Å². The van der Waals surface area contributed by atoms with Gasteiger partial charge in [0, 0.05) is 11.5 Å². The molecule has 0 aliphatic heterocycles. The fourth-order valence-electron chi connectivity index (χ4n) is 3.64. The average Bonchev–Trinajstić information content (AvgIpc) is 3.31. The van der Waals surface area contributed by atoms with Crippen molar-refractivity contribution in [1.29, 1.82) is 0 Å². The van der Waals surface area contributed by atoms with Gasteiger partial charge in [-0.2, -0.15) is 0 Å². The first-order valence-corrected chi connectivity index (χ1v) is 10.5. The van der Waals surface area contributed by atoms with Crippen molar-refractivity contribution in [2.24, 2.45) is 0 Å². The number of nitrogens with one attached hydrogen (secondary N) is 3. The molecule has 9 nitrogen and oxygen atoms in total. The fourth-order valence-corrected chi connectivity index (χ4v) is 3.64. The molecule has 9 heteroatoms. The Hall–Kier alpha value is -4.40. The van der Waals surface area contributed by atoms with Crippen LogP contribution in [0.3, 0.4) is 0 Å². The van der Waals surface area contributed by atoms with Crippen LogP contribution in [0.2, 0.25) is 0 Å². The van der Waals surface area contributed by atoms with Crippen LogP contribution in [-0.2, 0) is 4.79 Å². The van der Waals surface area contributed by atoms with E-state index in [4.69, 9.17) is 18.9 Å². The fraction of sp³-hybridized carbons (Fsp3) is 0.200. The standard InChI is InChI=1S/C25H25N3O6/c1-14(34-17-10-9-15-7-5-6-8-16(15)11-17)24(29)27-28-25(30)19-12-18-20(31-2)13-21(32-3)23(33-4)22(18)26-19/h5-14,26H,1-4H3,(H,27,29)(H,28,30). The molecule has 1 atom stereocenters. The van der Waals surface area contributed by atoms with E-state index >= 15 is 0 Å². The summed E-state index contributed by atoms with van der Waals surface area (Å²) in [5.41, 5.74) is 5.52. The number of methoxy groups -OCH3 is 3. The zero-order valence-corrected chi connectivity index (χ0v) is 19.2. The number of aromatic amines is 1. The van der Waals surface area contributed by atoms with E-state index in [-0.39, 0.29) is 5.69 Å². The molecule has 1 unspecified atom stereocenters. The first-order valence-electron chi connectivity index (χ1n) is 10.5. The smallest absolute Gasteiger partial charge is 0.286 e. The van der Waals surface area contributed by atoms with Crippen molar-refractivity contribution in [2.45, 2.75) is 13.0 Å². The number of hydrogen-bond donors (Lipinski definition) is 3. The van der Waals surface area contributed by atoms with E-state index in [0.29, 0.717) is 33.9 Å². The number of fused-ring (bicyclic) bond motifs is 2. The van der Waals surface area contributed by atoms with Crippen LogP contribution in [-0.4, -0.2) is 44.2 Å². The predicted octanol–water partition coefficient (Wildman–Crippen LogP) is 3.58. The Bertz CT molecular complexity index is 1360. The third-order valence-corrected chi connectivity index (χ3v) is 5.39. The average molecular weight is 463 g/mol. The van der Waals surface area contributed by atoms with Gasteiger partial charge < -0.3 is 23.9 Å². The van der Waals surface area contributed by atoms with Crippen LogP contribution in [0.4, 0.5) is 0 Å². The van der Waals surface area contributed by atoms with E-state index in [1.165, 1.54) is 21.3 Å². The van der Waals surface area contributed by atoms with Crippen molar-refractivity contribution in [3.63, 3.8) is 0 Å². The van der Waals surface area contributed by atoms with Crippen molar-refractivity contribution in [2.75, 3.05) is 21.3 Å². The molecule has 1 heterocycles. The second kappa shape index (κ2) is 9.62. The molecule has 0 fully saturated rings. The number of hydrazine groups is 1. The third-order valence-electron chi connectivity index (χ3n) is 5.39. The first-order chi connectivity index (χ1) is 16.4. The van der Waals surface area contributed by atoms with E-state index in [2.05, 4.69) is 15.8 Å². The quantitative estimate of drug-likeness (QED) is 0.362. The molecule has 0 spiro atoms. The van der Waals surface area contributed by atoms with Crippen molar-refractivity contribution >= 4 is 33.5 Å². The molecule has 0 aliphatic carbocycles. The number of aromatic nitrogens is 1. The Kier molecular flexibility index (Phi) is 6.44. The molecule has 0 aliphatic rings. The topological polar surface area (TPSA) is 111 Å². The Labute approximate surface area is 195 Å². The van der Waals surface area contributed by atoms with Crippen LogP contribution in [0.25, 0.3) is 21.7 Å². The molecule has 3 aromatic carbocycles. The summed E-state index contributed by atoms with van der Waals surface area (Å²) in [5, 5.41) is 2.70. The zero-order valence-electron chi connectivity index (χ0n) is 19.2. The van der Waals surface area contributed by atoms with Crippen LogP contribution in [0.1, 0.15) is 17.4 Å². The molecule has 1 aromatic heterocycles. The number of amides is 2. The summed E-state index contributed by atoms with van der Waals surface area (Å²) < 4.78 is 21.9. The predicted molar refractivity (Wildman–Crippen MR) is 128 cm³/mol. The molecule has 0 radical (unpaired) electrons. The maximum atomic E-state index is 12.7. The lowest BCUT2D eigenvalue weighted by Gasteiger charge is -2.15.